The number of benzene rings is 8. The highest BCUT2D eigenvalue weighted by molar-refractivity contribution is 6.21. The van der Waals surface area contributed by atoms with Gasteiger partial charge in [0, 0.05) is 0 Å². The maximum absolute atomic E-state index is 2.38. The molecule has 59 heavy (non-hydrogen) atoms. The number of allylic oxidation sites excluding steroid dienone is 9. The highest BCUT2D eigenvalue weighted by Crippen LogP contribution is 2.56. The van der Waals surface area contributed by atoms with Crippen molar-refractivity contribution in [3.8, 4) is 33.4 Å². The molecule has 0 atom stereocenters. The van der Waals surface area contributed by atoms with Crippen molar-refractivity contribution in [2.75, 3.05) is 0 Å². The van der Waals surface area contributed by atoms with Gasteiger partial charge >= 0.3 is 0 Å². The summed E-state index contributed by atoms with van der Waals surface area (Å²) in [6.45, 7) is 0. The van der Waals surface area contributed by atoms with Crippen LogP contribution in [0.25, 0.3) is 61.0 Å². The Bertz CT molecular complexity index is 2950. The lowest BCUT2D eigenvalue weighted by Crippen LogP contribution is -2.28. The first-order valence-electron chi connectivity index (χ1n) is 21.1. The van der Waals surface area contributed by atoms with Crippen molar-refractivity contribution in [2.24, 2.45) is 0 Å². The van der Waals surface area contributed by atoms with Gasteiger partial charge in [-0.1, -0.05) is 218 Å². The smallest absolute Gasteiger partial charge is 0.0713 e. The summed E-state index contributed by atoms with van der Waals surface area (Å²) in [5.74, 6) is 0. The van der Waals surface area contributed by atoms with E-state index in [1.807, 2.05) is 0 Å². The molecule has 0 saturated heterocycles. The second-order valence-electron chi connectivity index (χ2n) is 16.2. The minimum atomic E-state index is -0.416. The van der Waals surface area contributed by atoms with Gasteiger partial charge in [-0.25, -0.2) is 0 Å². The zero-order valence-corrected chi connectivity index (χ0v) is 33.1. The van der Waals surface area contributed by atoms with Gasteiger partial charge in [-0.2, -0.15) is 0 Å². The van der Waals surface area contributed by atoms with Crippen LogP contribution in [0.1, 0.15) is 53.5 Å². The molecule has 0 saturated carbocycles. The Morgan fingerprint density at radius 2 is 0.898 bits per heavy atom. The highest BCUT2D eigenvalue weighted by atomic mass is 14.5. The minimum Gasteiger partial charge on any atom is -0.0842 e. The molecule has 0 unspecified atom stereocenters. The zero-order chi connectivity index (χ0) is 39.2. The minimum absolute atomic E-state index is 0.416. The largest absolute Gasteiger partial charge is 0.0842 e. The molecule has 0 fully saturated rings. The molecule has 0 heterocycles. The van der Waals surface area contributed by atoms with Gasteiger partial charge in [0.1, 0.15) is 0 Å². The van der Waals surface area contributed by atoms with Crippen molar-refractivity contribution in [2.45, 2.75) is 31.1 Å². The molecule has 0 radical (unpaired) electrons. The van der Waals surface area contributed by atoms with Gasteiger partial charge in [0.05, 0.1) is 5.41 Å². The Labute approximate surface area is 347 Å². The molecule has 0 bridgehead atoms. The summed E-state index contributed by atoms with van der Waals surface area (Å²) in [6, 6.07) is 65.6. The fourth-order valence-electron chi connectivity index (χ4n) is 10.2. The molecule has 0 nitrogen and oxygen atoms in total. The summed E-state index contributed by atoms with van der Waals surface area (Å²) < 4.78 is 0. The zero-order valence-electron chi connectivity index (χ0n) is 33.1. The van der Waals surface area contributed by atoms with Gasteiger partial charge in [0.2, 0.25) is 0 Å². The number of fused-ring (bicyclic) bond motifs is 5. The third-order valence-electron chi connectivity index (χ3n) is 13.0. The van der Waals surface area contributed by atoms with Crippen LogP contribution in [0.5, 0.6) is 0 Å². The number of hydrogen-bond acceptors (Lipinski definition) is 0. The molecule has 11 rings (SSSR count). The SMILES string of the molecule is C1=CCCC(C2=CC=C(C=Cc3ccc(-c4c5ccccc5c(-c5ccc(C6(c7ccccc7)c7ccccc7-c7ccccc76)cc5)c5ccccc45)cc3)CC2)=C1. The second-order valence-corrected chi connectivity index (χ2v) is 16.2. The fourth-order valence-corrected chi connectivity index (χ4v) is 10.2. The van der Waals surface area contributed by atoms with Gasteiger partial charge in [-0.3, -0.25) is 0 Å². The molecule has 0 heteroatoms. The average Bonchev–Trinajstić information content (AvgIpc) is 3.62. The van der Waals surface area contributed by atoms with Crippen molar-refractivity contribution in [1.82, 2.24) is 0 Å². The Balaban J connectivity index is 0.984. The van der Waals surface area contributed by atoms with Crippen molar-refractivity contribution < 1.29 is 0 Å². The van der Waals surface area contributed by atoms with Crippen molar-refractivity contribution in [3.05, 3.63) is 257 Å². The van der Waals surface area contributed by atoms with E-state index in [0.717, 1.165) is 25.7 Å². The first kappa shape index (κ1) is 35.2. The molecule has 3 aliphatic rings. The average molecular weight is 753 g/mol. The fraction of sp³-hybridized carbons (Fsp3) is 0.0847. The van der Waals surface area contributed by atoms with E-state index >= 15 is 0 Å². The molecule has 0 N–H and O–H groups in total. The van der Waals surface area contributed by atoms with E-state index in [-0.39, 0.29) is 0 Å². The van der Waals surface area contributed by atoms with Crippen LogP contribution in [-0.2, 0) is 5.41 Å². The summed E-state index contributed by atoms with van der Waals surface area (Å²) in [5.41, 5.74) is 18.1. The Hall–Kier alpha value is -7.02. The Morgan fingerprint density at radius 3 is 1.44 bits per heavy atom. The van der Waals surface area contributed by atoms with Gasteiger partial charge in [0.15, 0.2) is 0 Å². The Kier molecular flexibility index (Phi) is 8.78. The van der Waals surface area contributed by atoms with Gasteiger partial charge in [-0.15, -0.1) is 0 Å². The van der Waals surface area contributed by atoms with Crippen LogP contribution in [-0.4, -0.2) is 0 Å². The van der Waals surface area contributed by atoms with Gasteiger partial charge < -0.3 is 0 Å². The molecule has 0 aliphatic heterocycles. The van der Waals surface area contributed by atoms with Crippen molar-refractivity contribution in [1.29, 1.82) is 0 Å². The quantitative estimate of drug-likeness (QED) is 0.142. The van der Waals surface area contributed by atoms with E-state index in [1.54, 1.807) is 0 Å². The molecule has 0 amide bonds. The van der Waals surface area contributed by atoms with Crippen LogP contribution >= 0.6 is 0 Å². The lowest BCUT2D eigenvalue weighted by atomic mass is 9.67. The van der Waals surface area contributed by atoms with Crippen molar-refractivity contribution >= 4 is 27.6 Å². The van der Waals surface area contributed by atoms with Crippen LogP contribution in [0.2, 0.25) is 0 Å². The summed E-state index contributed by atoms with van der Waals surface area (Å²) >= 11 is 0. The predicted molar refractivity (Wildman–Crippen MR) is 251 cm³/mol. The molecule has 8 aromatic carbocycles. The monoisotopic (exact) mass is 752 g/mol. The van der Waals surface area contributed by atoms with Crippen LogP contribution < -0.4 is 0 Å². The normalized spacial score (nSPS) is 15.5. The van der Waals surface area contributed by atoms with Crippen LogP contribution in [0.3, 0.4) is 0 Å². The van der Waals surface area contributed by atoms with E-state index < -0.39 is 5.41 Å². The molecule has 8 aromatic rings. The molecule has 0 spiro atoms. The third-order valence-corrected chi connectivity index (χ3v) is 13.0. The maximum Gasteiger partial charge on any atom is 0.0713 e. The van der Waals surface area contributed by atoms with Gasteiger partial charge in [0.25, 0.3) is 0 Å². The van der Waals surface area contributed by atoms with E-state index in [1.165, 1.54) is 99.5 Å². The maximum atomic E-state index is 2.38. The lowest BCUT2D eigenvalue weighted by molar-refractivity contribution is 0.768. The van der Waals surface area contributed by atoms with E-state index in [0.29, 0.717) is 0 Å². The van der Waals surface area contributed by atoms with Gasteiger partial charge in [-0.05, 0) is 125 Å². The lowest BCUT2D eigenvalue weighted by Gasteiger charge is -2.34. The molecule has 0 aromatic heterocycles. The molecule has 280 valence electrons. The number of hydrogen-bond donors (Lipinski definition) is 0. The summed E-state index contributed by atoms with van der Waals surface area (Å²) in [7, 11) is 0. The number of rotatable bonds is 7. The standard InChI is InChI=1S/C59H44/c1-3-15-43(16-4-1)44-33-29-41(30-34-44)27-28-42-31-35-45(36-32-42)57-51-21-7-9-23-53(51)58(54-24-10-8-22-52(54)57)46-37-39-48(40-38-46)59(47-17-5-2-6-18-47)55-25-13-11-19-49(55)50-20-12-14-26-56(50)59/h1-3,5-15,17-29,31-33,35-40H,4,16,30,34H2. The van der Waals surface area contributed by atoms with Crippen molar-refractivity contribution in [3.63, 3.8) is 0 Å². The first-order valence-corrected chi connectivity index (χ1v) is 21.1. The second kappa shape index (κ2) is 14.7. The van der Waals surface area contributed by atoms with Crippen LogP contribution in [0.4, 0.5) is 0 Å². The van der Waals surface area contributed by atoms with Crippen LogP contribution in [0, 0.1) is 0 Å². The highest BCUT2D eigenvalue weighted by Gasteiger charge is 2.45. The molecular weight excluding hydrogens is 709 g/mol. The Morgan fingerprint density at radius 1 is 0.390 bits per heavy atom. The molecule has 3 aliphatic carbocycles. The van der Waals surface area contributed by atoms with Crippen LogP contribution in [0.15, 0.2) is 229 Å². The van der Waals surface area contributed by atoms with E-state index in [9.17, 15) is 0 Å². The van der Waals surface area contributed by atoms with E-state index in [4.69, 9.17) is 0 Å². The predicted octanol–water partition coefficient (Wildman–Crippen LogP) is 15.6. The topological polar surface area (TPSA) is 0 Å². The summed E-state index contributed by atoms with van der Waals surface area (Å²) in [5, 5.41) is 5.07. The summed E-state index contributed by atoms with van der Waals surface area (Å²) in [4.78, 5) is 0. The summed E-state index contributed by atoms with van der Waals surface area (Å²) in [6.07, 6.45) is 20.5. The van der Waals surface area contributed by atoms with E-state index in [2.05, 4.69) is 218 Å². The third kappa shape index (κ3) is 5.90. The molecular formula is C59H44. The first-order chi connectivity index (χ1) is 29.3.